The van der Waals surface area contributed by atoms with Crippen LogP contribution in [0.3, 0.4) is 0 Å². The first-order chi connectivity index (χ1) is 11.2. The molecule has 0 bridgehead atoms. The molecule has 1 saturated heterocycles. The molecule has 1 amide bonds. The molecule has 1 aromatic heterocycles. The van der Waals surface area contributed by atoms with Crippen LogP contribution >= 0.6 is 27.3 Å². The Bertz CT molecular complexity index is 636. The molecule has 0 aliphatic carbocycles. The molecule has 122 valence electrons. The molecule has 3 nitrogen and oxygen atoms in total. The minimum atomic E-state index is 0.0204. The number of carbonyl (C=O) groups is 1. The van der Waals surface area contributed by atoms with Gasteiger partial charge in [0.15, 0.2) is 0 Å². The lowest BCUT2D eigenvalue weighted by molar-refractivity contribution is 0.0935. The fourth-order valence-corrected chi connectivity index (χ4v) is 4.02. The van der Waals surface area contributed by atoms with E-state index >= 15 is 0 Å². The highest BCUT2D eigenvalue weighted by Crippen LogP contribution is 2.19. The standard InChI is InChI=1S/C18H21BrN2OS/c19-17-3-1-2-16(10-17)18(22)20-11-14-4-7-21(8-5-14)12-15-6-9-23-13-15/h1-3,6,9-10,13-14H,4-5,7-8,11-12H2,(H,20,22). The summed E-state index contributed by atoms with van der Waals surface area (Å²) in [5.74, 6) is 0.608. The second-order valence-corrected chi connectivity index (χ2v) is 7.77. The molecule has 3 rings (SSSR count). The minimum Gasteiger partial charge on any atom is -0.352 e. The van der Waals surface area contributed by atoms with Crippen molar-refractivity contribution >= 4 is 33.2 Å². The van der Waals surface area contributed by atoms with Crippen molar-refractivity contribution in [2.24, 2.45) is 5.92 Å². The van der Waals surface area contributed by atoms with Crippen LogP contribution in [0.5, 0.6) is 0 Å². The van der Waals surface area contributed by atoms with Gasteiger partial charge in [0, 0.05) is 23.1 Å². The molecule has 1 fully saturated rings. The highest BCUT2D eigenvalue weighted by atomic mass is 79.9. The molecule has 0 spiro atoms. The molecule has 0 unspecified atom stereocenters. The van der Waals surface area contributed by atoms with Gasteiger partial charge in [-0.1, -0.05) is 22.0 Å². The third kappa shape index (κ3) is 4.90. The fraction of sp³-hybridized carbons (Fsp3) is 0.389. The zero-order valence-electron chi connectivity index (χ0n) is 13.0. The van der Waals surface area contributed by atoms with Gasteiger partial charge in [-0.15, -0.1) is 0 Å². The smallest absolute Gasteiger partial charge is 0.251 e. The normalized spacial score (nSPS) is 16.4. The number of likely N-dealkylation sites (tertiary alicyclic amines) is 1. The van der Waals surface area contributed by atoms with Crippen LogP contribution in [0.1, 0.15) is 28.8 Å². The first kappa shape index (κ1) is 16.7. The number of nitrogens with zero attached hydrogens (tertiary/aromatic N) is 1. The lowest BCUT2D eigenvalue weighted by Crippen LogP contribution is -2.38. The Balaban J connectivity index is 1.41. The SMILES string of the molecule is O=C(NCC1CCN(Cc2ccsc2)CC1)c1cccc(Br)c1. The molecule has 23 heavy (non-hydrogen) atoms. The van der Waals surface area contributed by atoms with Crippen LogP contribution in [0, 0.1) is 5.92 Å². The first-order valence-corrected chi connectivity index (χ1v) is 9.71. The van der Waals surface area contributed by atoms with E-state index in [0.29, 0.717) is 11.5 Å². The van der Waals surface area contributed by atoms with Crippen LogP contribution in [-0.2, 0) is 6.54 Å². The van der Waals surface area contributed by atoms with E-state index in [1.807, 2.05) is 24.3 Å². The third-order valence-corrected chi connectivity index (χ3v) is 5.56. The lowest BCUT2D eigenvalue weighted by Gasteiger charge is -2.31. The lowest BCUT2D eigenvalue weighted by atomic mass is 9.96. The maximum absolute atomic E-state index is 12.2. The topological polar surface area (TPSA) is 32.3 Å². The van der Waals surface area contributed by atoms with Crippen LogP contribution in [0.15, 0.2) is 45.6 Å². The van der Waals surface area contributed by atoms with E-state index < -0.39 is 0 Å². The number of hydrogen-bond donors (Lipinski definition) is 1. The molecule has 2 heterocycles. The van der Waals surface area contributed by atoms with Gasteiger partial charge < -0.3 is 5.32 Å². The Kier molecular flexibility index (Phi) is 5.86. The number of piperidine rings is 1. The minimum absolute atomic E-state index is 0.0204. The molecule has 1 aliphatic rings. The van der Waals surface area contributed by atoms with Crippen LogP contribution < -0.4 is 5.32 Å². The summed E-state index contributed by atoms with van der Waals surface area (Å²) in [7, 11) is 0. The summed E-state index contributed by atoms with van der Waals surface area (Å²) in [5, 5.41) is 7.44. The fourth-order valence-electron chi connectivity index (χ4n) is 2.96. The van der Waals surface area contributed by atoms with Gasteiger partial charge in [-0.05, 0) is 72.4 Å². The van der Waals surface area contributed by atoms with Crippen molar-refractivity contribution in [3.05, 3.63) is 56.7 Å². The molecule has 1 aliphatic heterocycles. The van der Waals surface area contributed by atoms with Crippen LogP contribution in [0.2, 0.25) is 0 Å². The molecule has 0 saturated carbocycles. The number of carbonyl (C=O) groups excluding carboxylic acids is 1. The Morgan fingerprint density at radius 2 is 2.13 bits per heavy atom. The Labute approximate surface area is 149 Å². The number of thiophene rings is 1. The molecular weight excluding hydrogens is 372 g/mol. The van der Waals surface area contributed by atoms with Crippen molar-refractivity contribution in [3.8, 4) is 0 Å². The van der Waals surface area contributed by atoms with Crippen molar-refractivity contribution in [3.63, 3.8) is 0 Å². The van der Waals surface area contributed by atoms with Gasteiger partial charge in [0.05, 0.1) is 0 Å². The van der Waals surface area contributed by atoms with Gasteiger partial charge >= 0.3 is 0 Å². The second-order valence-electron chi connectivity index (χ2n) is 6.07. The second kappa shape index (κ2) is 8.08. The summed E-state index contributed by atoms with van der Waals surface area (Å²) in [6, 6.07) is 9.74. The van der Waals surface area contributed by atoms with Crippen molar-refractivity contribution in [1.82, 2.24) is 10.2 Å². The third-order valence-electron chi connectivity index (χ3n) is 4.33. The monoisotopic (exact) mass is 392 g/mol. The van der Waals surface area contributed by atoms with Gasteiger partial charge in [-0.3, -0.25) is 9.69 Å². The predicted molar refractivity (Wildman–Crippen MR) is 98.8 cm³/mol. The summed E-state index contributed by atoms with van der Waals surface area (Å²) < 4.78 is 0.937. The van der Waals surface area contributed by atoms with Gasteiger partial charge in [0.25, 0.3) is 5.91 Å². The van der Waals surface area contributed by atoms with Gasteiger partial charge in [-0.2, -0.15) is 11.3 Å². The number of halogens is 1. The number of rotatable bonds is 5. The molecule has 0 radical (unpaired) electrons. The predicted octanol–water partition coefficient (Wildman–Crippen LogP) is 4.15. The van der Waals surface area contributed by atoms with Gasteiger partial charge in [-0.25, -0.2) is 0 Å². The van der Waals surface area contributed by atoms with Crippen molar-refractivity contribution in [2.75, 3.05) is 19.6 Å². The van der Waals surface area contributed by atoms with E-state index in [2.05, 4.69) is 43.0 Å². The summed E-state index contributed by atoms with van der Waals surface area (Å²) in [5.41, 5.74) is 2.13. The zero-order valence-corrected chi connectivity index (χ0v) is 15.4. The van der Waals surface area contributed by atoms with Crippen LogP contribution in [0.25, 0.3) is 0 Å². The van der Waals surface area contributed by atoms with E-state index in [-0.39, 0.29) is 5.91 Å². The van der Waals surface area contributed by atoms with Crippen molar-refractivity contribution < 1.29 is 4.79 Å². The van der Waals surface area contributed by atoms with E-state index in [9.17, 15) is 4.79 Å². The Morgan fingerprint density at radius 1 is 1.30 bits per heavy atom. The van der Waals surface area contributed by atoms with E-state index in [1.165, 1.54) is 5.56 Å². The van der Waals surface area contributed by atoms with E-state index in [4.69, 9.17) is 0 Å². The maximum atomic E-state index is 12.2. The summed E-state index contributed by atoms with van der Waals surface area (Å²) in [6.45, 7) is 4.07. The first-order valence-electron chi connectivity index (χ1n) is 7.98. The maximum Gasteiger partial charge on any atom is 0.251 e. The van der Waals surface area contributed by atoms with Gasteiger partial charge in [0.2, 0.25) is 0 Å². The van der Waals surface area contributed by atoms with Crippen molar-refractivity contribution in [1.29, 1.82) is 0 Å². The average Bonchev–Trinajstić information content (AvgIpc) is 3.07. The van der Waals surface area contributed by atoms with Crippen LogP contribution in [-0.4, -0.2) is 30.4 Å². The largest absolute Gasteiger partial charge is 0.352 e. The van der Waals surface area contributed by atoms with E-state index in [0.717, 1.165) is 43.5 Å². The molecule has 0 atom stereocenters. The quantitative estimate of drug-likeness (QED) is 0.828. The number of nitrogens with one attached hydrogen (secondary N) is 1. The zero-order chi connectivity index (χ0) is 16.1. The summed E-state index contributed by atoms with van der Waals surface area (Å²) in [4.78, 5) is 14.7. The number of hydrogen-bond acceptors (Lipinski definition) is 3. The summed E-state index contributed by atoms with van der Waals surface area (Å²) in [6.07, 6.45) is 2.31. The van der Waals surface area contributed by atoms with Crippen molar-refractivity contribution in [2.45, 2.75) is 19.4 Å². The molecule has 1 N–H and O–H groups in total. The highest BCUT2D eigenvalue weighted by molar-refractivity contribution is 9.10. The molecular formula is C18H21BrN2OS. The summed E-state index contributed by atoms with van der Waals surface area (Å²) >= 11 is 5.17. The van der Waals surface area contributed by atoms with E-state index in [1.54, 1.807) is 11.3 Å². The number of amides is 1. The molecule has 1 aromatic carbocycles. The highest BCUT2D eigenvalue weighted by Gasteiger charge is 2.20. The average molecular weight is 393 g/mol. The molecule has 2 aromatic rings. The number of benzene rings is 1. The Morgan fingerprint density at radius 3 is 2.83 bits per heavy atom. The Hall–Kier alpha value is -1.17. The van der Waals surface area contributed by atoms with Gasteiger partial charge in [0.1, 0.15) is 0 Å². The van der Waals surface area contributed by atoms with Crippen LogP contribution in [0.4, 0.5) is 0 Å². The molecule has 5 heteroatoms.